The molecule has 0 bridgehead atoms. The highest BCUT2D eigenvalue weighted by Crippen LogP contribution is 2.41. The number of hydrogen-bond donors (Lipinski definition) is 2. The fourth-order valence-electron chi connectivity index (χ4n) is 2.64. The topological polar surface area (TPSA) is 92.5 Å². The van der Waals surface area contributed by atoms with Crippen LogP contribution in [-0.2, 0) is 4.79 Å². The third-order valence-corrected chi connectivity index (χ3v) is 4.30. The highest BCUT2D eigenvalue weighted by molar-refractivity contribution is 6.31. The summed E-state index contributed by atoms with van der Waals surface area (Å²) in [4.78, 5) is 21.7. The Balaban J connectivity index is 2.37. The molecule has 2 N–H and O–H groups in total. The Morgan fingerprint density at radius 2 is 2.29 bits per heavy atom. The van der Waals surface area contributed by atoms with Crippen molar-refractivity contribution in [1.29, 1.82) is 0 Å². The molecule has 0 radical (unpaired) electrons. The molecule has 0 saturated heterocycles. The van der Waals surface area contributed by atoms with E-state index in [0.717, 1.165) is 12.1 Å². The minimum atomic E-state index is -1.04. The maximum Gasteiger partial charge on any atom is 0.311 e. The highest BCUT2D eigenvalue weighted by atomic mass is 35.5. The number of carbonyl (C=O) groups is 1. The van der Waals surface area contributed by atoms with Crippen LogP contribution >= 0.6 is 11.6 Å². The molecule has 1 fully saturated rings. The van der Waals surface area contributed by atoms with Crippen LogP contribution in [0.4, 0.5) is 15.8 Å². The second kappa shape index (κ2) is 5.48. The second-order valence-corrected chi connectivity index (χ2v) is 5.76. The van der Waals surface area contributed by atoms with Gasteiger partial charge < -0.3 is 10.4 Å². The minimum absolute atomic E-state index is 0.0544. The molecule has 1 aliphatic carbocycles. The van der Waals surface area contributed by atoms with Gasteiger partial charge in [0, 0.05) is 18.2 Å². The largest absolute Gasteiger partial charge is 0.481 e. The quantitative estimate of drug-likeness (QED) is 0.655. The van der Waals surface area contributed by atoms with Gasteiger partial charge in [0.2, 0.25) is 0 Å². The molecule has 1 aliphatic rings. The van der Waals surface area contributed by atoms with Crippen molar-refractivity contribution >= 4 is 28.9 Å². The third kappa shape index (κ3) is 2.78. The lowest BCUT2D eigenvalue weighted by Crippen LogP contribution is -2.40. The van der Waals surface area contributed by atoms with Crippen molar-refractivity contribution in [3.05, 3.63) is 33.1 Å². The molecular weight excluding hydrogens is 303 g/mol. The number of nitro benzene ring substituents is 1. The number of benzene rings is 1. The number of nitrogens with zero attached hydrogens (tertiary/aromatic N) is 1. The number of carboxylic acids is 1. The molecule has 6 nitrogen and oxygen atoms in total. The zero-order valence-electron chi connectivity index (χ0n) is 11.2. The summed E-state index contributed by atoms with van der Waals surface area (Å²) in [5.41, 5.74) is -1.47. The standard InChI is InChI=1S/C13H14ClFN2O4/c1-13(12(18)19)4-2-3-11(13)16-9-6-8(15)7(14)5-10(9)17(20)21/h5-6,11,16H,2-4H2,1H3,(H,18,19). The van der Waals surface area contributed by atoms with Crippen molar-refractivity contribution in [2.45, 2.75) is 32.2 Å². The van der Waals surface area contributed by atoms with Crippen molar-refractivity contribution < 1.29 is 19.2 Å². The van der Waals surface area contributed by atoms with Gasteiger partial charge in [-0.05, 0) is 19.8 Å². The van der Waals surface area contributed by atoms with E-state index in [-0.39, 0.29) is 16.4 Å². The Morgan fingerprint density at radius 1 is 1.62 bits per heavy atom. The fourth-order valence-corrected chi connectivity index (χ4v) is 2.80. The Kier molecular flexibility index (Phi) is 4.04. The molecule has 2 atom stereocenters. The van der Waals surface area contributed by atoms with Gasteiger partial charge in [0.15, 0.2) is 0 Å². The van der Waals surface area contributed by atoms with E-state index in [1.807, 2.05) is 0 Å². The number of nitrogens with one attached hydrogen (secondary N) is 1. The van der Waals surface area contributed by atoms with E-state index in [1.54, 1.807) is 6.92 Å². The average molecular weight is 317 g/mol. The Morgan fingerprint density at radius 3 is 2.86 bits per heavy atom. The highest BCUT2D eigenvalue weighted by Gasteiger charge is 2.45. The molecule has 1 aromatic rings. The fraction of sp³-hybridized carbons (Fsp3) is 0.462. The zero-order chi connectivity index (χ0) is 15.8. The van der Waals surface area contributed by atoms with E-state index in [2.05, 4.69) is 5.32 Å². The van der Waals surface area contributed by atoms with Crippen LogP contribution in [0, 0.1) is 21.3 Å². The van der Waals surface area contributed by atoms with Crippen molar-refractivity contribution in [3.63, 3.8) is 0 Å². The summed E-state index contributed by atoms with van der Waals surface area (Å²) in [5, 5.41) is 22.8. The molecule has 21 heavy (non-hydrogen) atoms. The number of rotatable bonds is 4. The number of aliphatic carboxylic acids is 1. The first-order chi connectivity index (χ1) is 9.75. The molecule has 2 rings (SSSR count). The summed E-state index contributed by atoms with van der Waals surface area (Å²) in [7, 11) is 0. The van der Waals surface area contributed by atoms with Crippen LogP contribution in [0.3, 0.4) is 0 Å². The maximum atomic E-state index is 13.5. The summed E-state index contributed by atoms with van der Waals surface area (Å²) in [6, 6.07) is 1.35. The lowest BCUT2D eigenvalue weighted by atomic mass is 9.85. The van der Waals surface area contributed by atoms with Gasteiger partial charge in [-0.1, -0.05) is 18.0 Å². The van der Waals surface area contributed by atoms with Gasteiger partial charge in [-0.25, -0.2) is 4.39 Å². The van der Waals surface area contributed by atoms with Gasteiger partial charge in [-0.2, -0.15) is 0 Å². The van der Waals surface area contributed by atoms with Crippen LogP contribution in [0.5, 0.6) is 0 Å². The van der Waals surface area contributed by atoms with Crippen molar-refractivity contribution in [2.75, 3.05) is 5.32 Å². The van der Waals surface area contributed by atoms with Gasteiger partial charge in [0.1, 0.15) is 11.5 Å². The number of nitro groups is 1. The van der Waals surface area contributed by atoms with Crippen LogP contribution in [0.1, 0.15) is 26.2 Å². The third-order valence-electron chi connectivity index (χ3n) is 4.01. The predicted molar refractivity (Wildman–Crippen MR) is 75.1 cm³/mol. The van der Waals surface area contributed by atoms with E-state index in [4.69, 9.17) is 11.6 Å². The first-order valence-corrected chi connectivity index (χ1v) is 6.77. The summed E-state index contributed by atoms with van der Waals surface area (Å²) in [5.74, 6) is -1.77. The van der Waals surface area contributed by atoms with E-state index in [0.29, 0.717) is 19.3 Å². The van der Waals surface area contributed by atoms with E-state index in [9.17, 15) is 24.4 Å². The van der Waals surface area contributed by atoms with Crippen molar-refractivity contribution in [3.8, 4) is 0 Å². The summed E-state index contributed by atoms with van der Waals surface area (Å²) < 4.78 is 13.5. The number of carboxylic acid groups (broad SMARTS) is 1. The lowest BCUT2D eigenvalue weighted by Gasteiger charge is -2.28. The number of hydrogen-bond acceptors (Lipinski definition) is 4. The van der Waals surface area contributed by atoms with Gasteiger partial charge in [-0.15, -0.1) is 0 Å². The van der Waals surface area contributed by atoms with Crippen LogP contribution in [0.15, 0.2) is 12.1 Å². The molecule has 0 spiro atoms. The Hall–Kier alpha value is -1.89. The summed E-state index contributed by atoms with van der Waals surface area (Å²) in [6.45, 7) is 1.58. The molecular formula is C13H14ClFN2O4. The molecule has 2 unspecified atom stereocenters. The van der Waals surface area contributed by atoms with Crippen LogP contribution in [0.2, 0.25) is 5.02 Å². The van der Waals surface area contributed by atoms with Crippen LogP contribution in [0.25, 0.3) is 0 Å². The lowest BCUT2D eigenvalue weighted by molar-refractivity contribution is -0.384. The van der Waals surface area contributed by atoms with Gasteiger partial charge in [0.25, 0.3) is 5.69 Å². The van der Waals surface area contributed by atoms with Crippen molar-refractivity contribution in [2.24, 2.45) is 5.41 Å². The average Bonchev–Trinajstić information content (AvgIpc) is 2.76. The van der Waals surface area contributed by atoms with Crippen molar-refractivity contribution in [1.82, 2.24) is 0 Å². The van der Waals surface area contributed by atoms with Crippen LogP contribution in [-0.4, -0.2) is 22.0 Å². The number of halogens is 2. The summed E-state index contributed by atoms with van der Waals surface area (Å²) >= 11 is 5.55. The number of anilines is 1. The summed E-state index contributed by atoms with van der Waals surface area (Å²) in [6.07, 6.45) is 1.69. The van der Waals surface area contributed by atoms with Gasteiger partial charge in [0.05, 0.1) is 15.4 Å². The zero-order valence-corrected chi connectivity index (χ0v) is 12.0. The molecule has 114 valence electrons. The Labute approximate surface area is 125 Å². The molecule has 0 heterocycles. The normalized spacial score (nSPS) is 24.8. The SMILES string of the molecule is CC1(C(=O)O)CCCC1Nc1cc(F)c(Cl)cc1[N+](=O)[O-]. The molecule has 0 aliphatic heterocycles. The molecule has 0 aromatic heterocycles. The monoisotopic (exact) mass is 316 g/mol. The first-order valence-electron chi connectivity index (χ1n) is 6.39. The van der Waals surface area contributed by atoms with E-state index < -0.39 is 28.2 Å². The molecule has 1 aromatic carbocycles. The minimum Gasteiger partial charge on any atom is -0.481 e. The first kappa shape index (κ1) is 15.5. The Bertz CT molecular complexity index is 610. The van der Waals surface area contributed by atoms with Gasteiger partial charge >= 0.3 is 5.97 Å². The van der Waals surface area contributed by atoms with E-state index >= 15 is 0 Å². The molecule has 0 amide bonds. The molecule has 8 heteroatoms. The smallest absolute Gasteiger partial charge is 0.311 e. The molecule has 1 saturated carbocycles. The predicted octanol–water partition coefficient (Wildman–Crippen LogP) is 3.44. The van der Waals surface area contributed by atoms with E-state index in [1.165, 1.54) is 0 Å². The van der Waals surface area contributed by atoms with Crippen LogP contribution < -0.4 is 5.32 Å². The van der Waals surface area contributed by atoms with Gasteiger partial charge in [-0.3, -0.25) is 14.9 Å². The maximum absolute atomic E-state index is 13.5. The second-order valence-electron chi connectivity index (χ2n) is 5.35.